The average Bonchev–Trinajstić information content (AvgIpc) is 2.86. The maximum Gasteiger partial charge on any atom is 0.311 e. The van der Waals surface area contributed by atoms with Crippen molar-refractivity contribution in [3.05, 3.63) is 11.1 Å². The van der Waals surface area contributed by atoms with Crippen molar-refractivity contribution < 1.29 is 17.9 Å². The van der Waals surface area contributed by atoms with Crippen molar-refractivity contribution in [1.29, 1.82) is 0 Å². The molecule has 6 nitrogen and oxygen atoms in total. The van der Waals surface area contributed by atoms with Gasteiger partial charge in [-0.3, -0.25) is 4.79 Å². The second kappa shape index (κ2) is 6.31. The van der Waals surface area contributed by atoms with E-state index in [9.17, 15) is 13.2 Å². The molecule has 0 aromatic carbocycles. The normalized spacial score (nSPS) is 19.9. The van der Waals surface area contributed by atoms with Crippen LogP contribution < -0.4 is 4.90 Å². The molecule has 1 aliphatic heterocycles. The van der Waals surface area contributed by atoms with Crippen LogP contribution in [-0.4, -0.2) is 56.2 Å². The molecule has 2 heterocycles. The molecule has 0 amide bonds. The number of hydrogen-bond donors (Lipinski definition) is 0. The average molecular weight is 336 g/mol. The van der Waals surface area contributed by atoms with Crippen molar-refractivity contribution in [2.24, 2.45) is 0 Å². The number of anilines is 1. The Morgan fingerprint density at radius 3 is 3.00 bits per heavy atom. The number of nitrogens with zero attached hydrogens (tertiary/aromatic N) is 2. The molecule has 112 valence electrons. The Hall–Kier alpha value is -0.800. The van der Waals surface area contributed by atoms with Crippen molar-refractivity contribution in [2.45, 2.75) is 11.8 Å². The van der Waals surface area contributed by atoms with E-state index in [1.54, 1.807) is 17.1 Å². The van der Waals surface area contributed by atoms with Gasteiger partial charge in [-0.25, -0.2) is 13.4 Å². The van der Waals surface area contributed by atoms with Gasteiger partial charge < -0.3 is 9.64 Å². The molecule has 0 spiro atoms. The third-order valence-corrected chi connectivity index (χ3v) is 6.49. The van der Waals surface area contributed by atoms with Crippen LogP contribution in [0.2, 0.25) is 0 Å². The van der Waals surface area contributed by atoms with Crippen LogP contribution >= 0.6 is 23.1 Å². The fourth-order valence-corrected chi connectivity index (χ4v) is 5.67. The molecule has 1 aliphatic rings. The lowest BCUT2D eigenvalue weighted by Crippen LogP contribution is -2.47. The lowest BCUT2D eigenvalue weighted by molar-refractivity contribution is -0.139. The fourth-order valence-electron chi connectivity index (χ4n) is 1.88. The number of carbonyl (C=O) groups excluding carboxylic acids is 1. The van der Waals surface area contributed by atoms with Gasteiger partial charge in [0.05, 0.1) is 19.2 Å². The van der Waals surface area contributed by atoms with E-state index in [1.807, 2.05) is 4.90 Å². The van der Waals surface area contributed by atoms with Crippen LogP contribution in [0.1, 0.15) is 5.69 Å². The van der Waals surface area contributed by atoms with Gasteiger partial charge in [0.1, 0.15) is 5.37 Å². The number of sulfone groups is 1. The van der Waals surface area contributed by atoms with Gasteiger partial charge in [-0.2, -0.15) is 11.8 Å². The van der Waals surface area contributed by atoms with E-state index >= 15 is 0 Å². The second-order valence-corrected chi connectivity index (χ2v) is 8.62. The van der Waals surface area contributed by atoms with Crippen molar-refractivity contribution in [1.82, 2.24) is 4.98 Å². The predicted octanol–water partition coefficient (Wildman–Crippen LogP) is 0.782. The predicted molar refractivity (Wildman–Crippen MR) is 81.1 cm³/mol. The Morgan fingerprint density at radius 2 is 2.35 bits per heavy atom. The maximum absolute atomic E-state index is 11.8. The second-order valence-electron chi connectivity index (χ2n) is 4.43. The molecular weight excluding hydrogens is 320 g/mol. The highest BCUT2D eigenvalue weighted by Gasteiger charge is 2.32. The Bertz CT molecular complexity index is 584. The fraction of sp³-hybridized carbons (Fsp3) is 0.636. The maximum atomic E-state index is 11.8. The number of thiazole rings is 1. The minimum atomic E-state index is -3.16. The molecule has 0 bridgehead atoms. The molecule has 9 heteroatoms. The van der Waals surface area contributed by atoms with Crippen molar-refractivity contribution in [3.8, 4) is 0 Å². The van der Waals surface area contributed by atoms with E-state index in [2.05, 4.69) is 9.72 Å². The number of hydrogen-bond acceptors (Lipinski definition) is 8. The molecule has 2 rings (SSSR count). The molecule has 1 aromatic rings. The van der Waals surface area contributed by atoms with Crippen LogP contribution in [0, 0.1) is 0 Å². The number of ether oxygens (including phenoxy) is 1. The van der Waals surface area contributed by atoms with Gasteiger partial charge in [0.15, 0.2) is 15.0 Å². The Labute approximate surface area is 126 Å². The Kier molecular flexibility index (Phi) is 4.92. The summed E-state index contributed by atoms with van der Waals surface area (Å²) in [6, 6.07) is 0. The van der Waals surface area contributed by atoms with E-state index < -0.39 is 15.2 Å². The highest BCUT2D eigenvalue weighted by Crippen LogP contribution is 2.29. The van der Waals surface area contributed by atoms with E-state index in [4.69, 9.17) is 0 Å². The van der Waals surface area contributed by atoms with Crippen LogP contribution in [0.4, 0.5) is 5.13 Å². The Morgan fingerprint density at radius 1 is 1.60 bits per heavy atom. The minimum absolute atomic E-state index is 0.110. The first-order valence-corrected chi connectivity index (χ1v) is 9.95. The van der Waals surface area contributed by atoms with Crippen LogP contribution in [-0.2, 0) is 25.8 Å². The summed E-state index contributed by atoms with van der Waals surface area (Å²) in [4.78, 5) is 17.4. The van der Waals surface area contributed by atoms with Crippen LogP contribution in [0.3, 0.4) is 0 Å². The molecule has 1 fully saturated rings. The van der Waals surface area contributed by atoms with Crippen LogP contribution in [0.5, 0.6) is 0 Å². The van der Waals surface area contributed by atoms with Gasteiger partial charge >= 0.3 is 5.97 Å². The summed E-state index contributed by atoms with van der Waals surface area (Å²) in [5, 5.41) is 1.88. The number of methoxy groups -OCH3 is 1. The summed E-state index contributed by atoms with van der Waals surface area (Å²) in [6.45, 7) is 0.646. The number of aromatic nitrogens is 1. The molecule has 0 N–H and O–H groups in total. The highest BCUT2D eigenvalue weighted by molar-refractivity contribution is 8.01. The largest absolute Gasteiger partial charge is 0.469 e. The van der Waals surface area contributed by atoms with Gasteiger partial charge in [-0.15, -0.1) is 11.3 Å². The topological polar surface area (TPSA) is 76.6 Å². The molecule has 0 saturated carbocycles. The van der Waals surface area contributed by atoms with E-state index in [1.165, 1.54) is 24.7 Å². The summed E-state index contributed by atoms with van der Waals surface area (Å²) in [7, 11) is -1.83. The van der Waals surface area contributed by atoms with Gasteiger partial charge in [-0.1, -0.05) is 0 Å². The molecule has 1 aromatic heterocycles. The van der Waals surface area contributed by atoms with Crippen LogP contribution in [0.25, 0.3) is 0 Å². The van der Waals surface area contributed by atoms with E-state index in [0.29, 0.717) is 23.1 Å². The third-order valence-electron chi connectivity index (χ3n) is 2.92. The zero-order chi connectivity index (χ0) is 14.8. The molecular formula is C11H16N2O4S3. The van der Waals surface area contributed by atoms with Crippen LogP contribution in [0.15, 0.2) is 5.38 Å². The number of carbonyl (C=O) groups is 1. The SMILES string of the molecule is COC(=O)Cc1csc(N2CCSCC2S(C)(=O)=O)n1. The number of thioether (sulfide) groups is 1. The van der Waals surface area contributed by atoms with Gasteiger partial charge in [-0.05, 0) is 0 Å². The van der Waals surface area contributed by atoms with Gasteiger partial charge in [0.2, 0.25) is 0 Å². The lowest BCUT2D eigenvalue weighted by Gasteiger charge is -2.33. The van der Waals surface area contributed by atoms with Crippen molar-refractivity contribution in [3.63, 3.8) is 0 Å². The first-order chi connectivity index (χ1) is 9.41. The molecule has 1 unspecified atom stereocenters. The minimum Gasteiger partial charge on any atom is -0.469 e. The zero-order valence-corrected chi connectivity index (χ0v) is 13.7. The highest BCUT2D eigenvalue weighted by atomic mass is 32.2. The lowest BCUT2D eigenvalue weighted by atomic mass is 10.3. The van der Waals surface area contributed by atoms with E-state index in [0.717, 1.165) is 5.75 Å². The third kappa shape index (κ3) is 3.64. The number of esters is 1. The molecule has 1 saturated heterocycles. The smallest absolute Gasteiger partial charge is 0.311 e. The van der Waals surface area contributed by atoms with Crippen molar-refractivity contribution >= 4 is 44.0 Å². The number of rotatable bonds is 4. The van der Waals surface area contributed by atoms with Gasteiger partial charge in [0, 0.05) is 29.7 Å². The molecule has 1 atom stereocenters. The first-order valence-electron chi connectivity index (χ1n) is 5.96. The molecule has 0 radical (unpaired) electrons. The summed E-state index contributed by atoms with van der Waals surface area (Å²) >= 11 is 2.99. The summed E-state index contributed by atoms with van der Waals surface area (Å²) < 4.78 is 28.3. The standard InChI is InChI=1S/C11H16N2O4S3/c1-17-10(14)5-8-6-19-11(12-8)13-3-4-18-7-9(13)20(2,15)16/h6,9H,3-5,7H2,1-2H3. The summed E-state index contributed by atoms with van der Waals surface area (Å²) in [5.74, 6) is 1.07. The molecule has 0 aliphatic carbocycles. The summed E-state index contributed by atoms with van der Waals surface area (Å²) in [5.41, 5.74) is 0.613. The van der Waals surface area contributed by atoms with Gasteiger partial charge in [0.25, 0.3) is 0 Å². The first kappa shape index (κ1) is 15.6. The Balaban J connectivity index is 2.19. The summed E-state index contributed by atoms with van der Waals surface area (Å²) in [6.07, 6.45) is 1.36. The quantitative estimate of drug-likeness (QED) is 0.752. The van der Waals surface area contributed by atoms with E-state index in [-0.39, 0.29) is 12.4 Å². The molecule has 20 heavy (non-hydrogen) atoms. The zero-order valence-electron chi connectivity index (χ0n) is 11.2. The van der Waals surface area contributed by atoms with Crippen molar-refractivity contribution in [2.75, 3.05) is 36.3 Å². The monoisotopic (exact) mass is 336 g/mol.